The average molecular weight is 316 g/mol. The summed E-state index contributed by atoms with van der Waals surface area (Å²) < 4.78 is 6.74. The van der Waals surface area contributed by atoms with Gasteiger partial charge in [0, 0.05) is 25.1 Å². The molecule has 0 saturated carbocycles. The first kappa shape index (κ1) is 12.7. The lowest BCUT2D eigenvalue weighted by Gasteiger charge is -2.19. The molecule has 1 aromatic carbocycles. The van der Waals surface area contributed by atoms with Crippen molar-refractivity contribution in [3.8, 4) is 5.75 Å². The number of carbonyl (C=O) groups excluding carboxylic acids is 1. The molecule has 3 aliphatic heterocycles. The number of thiazole rings is 1. The van der Waals surface area contributed by atoms with Gasteiger partial charge in [0.05, 0.1) is 28.9 Å². The first-order chi connectivity index (χ1) is 10.7. The third kappa shape index (κ3) is 1.63. The van der Waals surface area contributed by atoms with E-state index in [4.69, 9.17) is 9.72 Å². The second-order valence-electron chi connectivity index (χ2n) is 6.20. The van der Waals surface area contributed by atoms with Crippen molar-refractivity contribution in [1.29, 1.82) is 0 Å². The van der Waals surface area contributed by atoms with Crippen LogP contribution in [0.4, 0.5) is 9.93 Å². The van der Waals surface area contributed by atoms with Gasteiger partial charge in [0.1, 0.15) is 5.75 Å². The fourth-order valence-electron chi connectivity index (χ4n) is 3.75. The molecule has 4 heterocycles. The van der Waals surface area contributed by atoms with Crippen LogP contribution in [0.15, 0.2) is 12.1 Å². The molecule has 6 nitrogen and oxygen atoms in total. The van der Waals surface area contributed by atoms with Gasteiger partial charge in [-0.1, -0.05) is 11.3 Å². The van der Waals surface area contributed by atoms with Crippen LogP contribution in [0, 0.1) is 0 Å². The zero-order valence-corrected chi connectivity index (χ0v) is 13.0. The first-order valence-electron chi connectivity index (χ1n) is 7.54. The van der Waals surface area contributed by atoms with E-state index in [0.29, 0.717) is 0 Å². The maximum atomic E-state index is 12.3. The quantitative estimate of drug-likeness (QED) is 0.865. The lowest BCUT2D eigenvalue weighted by molar-refractivity contribution is 0.248. The number of amides is 2. The van der Waals surface area contributed by atoms with E-state index in [0.717, 1.165) is 47.2 Å². The van der Waals surface area contributed by atoms with Crippen LogP contribution in [0.25, 0.3) is 10.2 Å². The Morgan fingerprint density at radius 2 is 2.32 bits per heavy atom. The molecule has 0 aliphatic carbocycles. The number of rotatable bonds is 1. The van der Waals surface area contributed by atoms with Gasteiger partial charge < -0.3 is 15.0 Å². The zero-order valence-electron chi connectivity index (χ0n) is 12.2. The van der Waals surface area contributed by atoms with Crippen LogP contribution in [0.5, 0.6) is 5.75 Å². The second-order valence-corrected chi connectivity index (χ2v) is 7.21. The third-order valence-electron chi connectivity index (χ3n) is 4.76. The summed E-state index contributed by atoms with van der Waals surface area (Å²) in [6, 6.07) is 4.44. The maximum absolute atomic E-state index is 12.3. The average Bonchev–Trinajstić information content (AvgIpc) is 3.18. The van der Waals surface area contributed by atoms with E-state index >= 15 is 0 Å². The van der Waals surface area contributed by atoms with Crippen molar-refractivity contribution in [2.75, 3.05) is 31.6 Å². The maximum Gasteiger partial charge on any atom is 0.324 e. The Labute approximate surface area is 131 Å². The van der Waals surface area contributed by atoms with Crippen molar-refractivity contribution < 1.29 is 9.53 Å². The summed E-state index contributed by atoms with van der Waals surface area (Å²) in [5.41, 5.74) is 2.18. The fraction of sp³-hybridized carbons (Fsp3) is 0.467. The molecule has 0 bridgehead atoms. The Kier molecular flexibility index (Phi) is 2.49. The van der Waals surface area contributed by atoms with Crippen LogP contribution in [-0.4, -0.2) is 54.7 Å². The number of urea groups is 1. The number of hydrogen-bond acceptors (Lipinski definition) is 5. The molecular formula is C15H16N4O2S. The number of hydrogen-bond donors (Lipinski definition) is 1. The Balaban J connectivity index is 1.60. The zero-order chi connectivity index (χ0) is 14.8. The second kappa shape index (κ2) is 4.33. The SMILES string of the molecule is CN1C[C@H]2NC(=O)N(c3nc4c5c(ccc4s3)OCC5)[C@H]2C1. The number of benzene rings is 1. The summed E-state index contributed by atoms with van der Waals surface area (Å²) in [7, 11) is 2.09. The molecule has 2 saturated heterocycles. The lowest BCUT2D eigenvalue weighted by atomic mass is 10.1. The minimum atomic E-state index is -0.0185. The van der Waals surface area contributed by atoms with Gasteiger partial charge in [-0.2, -0.15) is 0 Å². The van der Waals surface area contributed by atoms with Gasteiger partial charge in [0.15, 0.2) is 5.13 Å². The summed E-state index contributed by atoms with van der Waals surface area (Å²) in [5.74, 6) is 0.939. The normalized spacial score (nSPS) is 27.1. The molecule has 0 spiro atoms. The van der Waals surface area contributed by atoms with Crippen molar-refractivity contribution in [2.45, 2.75) is 18.5 Å². The van der Waals surface area contributed by atoms with Gasteiger partial charge in [0.2, 0.25) is 0 Å². The van der Waals surface area contributed by atoms with Gasteiger partial charge in [-0.05, 0) is 19.2 Å². The predicted octanol–water partition coefficient (Wildman–Crippen LogP) is 1.44. The number of likely N-dealkylation sites (N-methyl/N-ethyl adjacent to an activating group) is 1. The molecular weight excluding hydrogens is 300 g/mol. The molecule has 3 aliphatic rings. The largest absolute Gasteiger partial charge is 0.493 e. The molecule has 1 N–H and O–H groups in total. The number of anilines is 1. The molecule has 0 radical (unpaired) electrons. The van der Waals surface area contributed by atoms with Crippen molar-refractivity contribution in [3.63, 3.8) is 0 Å². The van der Waals surface area contributed by atoms with Crippen LogP contribution >= 0.6 is 11.3 Å². The molecule has 1 aromatic heterocycles. The van der Waals surface area contributed by atoms with Gasteiger partial charge in [-0.15, -0.1) is 0 Å². The van der Waals surface area contributed by atoms with E-state index in [1.54, 1.807) is 11.3 Å². The van der Waals surface area contributed by atoms with Crippen molar-refractivity contribution in [2.24, 2.45) is 0 Å². The topological polar surface area (TPSA) is 57.7 Å². The summed E-state index contributed by atoms with van der Waals surface area (Å²) in [6.07, 6.45) is 0.900. The monoisotopic (exact) mass is 316 g/mol. The number of carbonyl (C=O) groups is 1. The van der Waals surface area contributed by atoms with Crippen molar-refractivity contribution in [3.05, 3.63) is 17.7 Å². The molecule has 2 atom stereocenters. The first-order valence-corrected chi connectivity index (χ1v) is 8.36. The van der Waals surface area contributed by atoms with Crippen LogP contribution in [-0.2, 0) is 6.42 Å². The number of ether oxygens (including phenoxy) is 1. The summed E-state index contributed by atoms with van der Waals surface area (Å²) in [6.45, 7) is 2.52. The minimum Gasteiger partial charge on any atom is -0.493 e. The summed E-state index contributed by atoms with van der Waals surface area (Å²) in [5, 5.41) is 3.88. The standard InChI is InChI=1S/C15H16N4O2S/c1-18-6-9-10(7-18)19(14(20)16-9)15-17-13-8-4-5-21-11(8)2-3-12(13)22-15/h2-3,9-10H,4-7H2,1H3,(H,16,20)/t9-,10+/m1/s1. The van der Waals surface area contributed by atoms with Crippen LogP contribution in [0.2, 0.25) is 0 Å². The minimum absolute atomic E-state index is 0.0185. The highest BCUT2D eigenvalue weighted by atomic mass is 32.1. The summed E-state index contributed by atoms with van der Waals surface area (Å²) in [4.78, 5) is 21.2. The van der Waals surface area contributed by atoms with Gasteiger partial charge in [-0.25, -0.2) is 9.78 Å². The van der Waals surface area contributed by atoms with E-state index in [9.17, 15) is 4.79 Å². The molecule has 2 aromatic rings. The lowest BCUT2D eigenvalue weighted by Crippen LogP contribution is -2.37. The smallest absolute Gasteiger partial charge is 0.324 e. The van der Waals surface area contributed by atoms with Gasteiger partial charge >= 0.3 is 6.03 Å². The Morgan fingerprint density at radius 1 is 1.41 bits per heavy atom. The Morgan fingerprint density at radius 3 is 3.23 bits per heavy atom. The Bertz CT molecular complexity index is 789. The number of nitrogens with one attached hydrogen (secondary N) is 1. The van der Waals surface area contributed by atoms with Crippen LogP contribution < -0.4 is 15.0 Å². The van der Waals surface area contributed by atoms with E-state index in [1.807, 2.05) is 17.0 Å². The van der Waals surface area contributed by atoms with Crippen molar-refractivity contribution >= 4 is 32.7 Å². The molecule has 5 rings (SSSR count). The number of nitrogens with zero attached hydrogens (tertiary/aromatic N) is 3. The van der Waals surface area contributed by atoms with Crippen molar-refractivity contribution in [1.82, 2.24) is 15.2 Å². The highest BCUT2D eigenvalue weighted by Crippen LogP contribution is 2.39. The fourth-order valence-corrected chi connectivity index (χ4v) is 4.80. The highest BCUT2D eigenvalue weighted by molar-refractivity contribution is 7.22. The van der Waals surface area contributed by atoms with E-state index in [2.05, 4.69) is 17.3 Å². The molecule has 114 valence electrons. The van der Waals surface area contributed by atoms with Crippen LogP contribution in [0.1, 0.15) is 5.56 Å². The van der Waals surface area contributed by atoms with Gasteiger partial charge in [0.25, 0.3) is 0 Å². The third-order valence-corrected chi connectivity index (χ3v) is 5.78. The van der Waals surface area contributed by atoms with E-state index < -0.39 is 0 Å². The highest BCUT2D eigenvalue weighted by Gasteiger charge is 2.46. The predicted molar refractivity (Wildman–Crippen MR) is 84.9 cm³/mol. The number of likely N-dealkylation sites (tertiary alicyclic amines) is 1. The van der Waals surface area contributed by atoms with E-state index in [1.165, 1.54) is 5.56 Å². The number of fused-ring (bicyclic) bond motifs is 4. The Hall–Kier alpha value is -1.86. The number of aromatic nitrogens is 1. The molecule has 0 unspecified atom stereocenters. The molecule has 2 amide bonds. The molecule has 22 heavy (non-hydrogen) atoms. The van der Waals surface area contributed by atoms with Crippen LogP contribution in [0.3, 0.4) is 0 Å². The van der Waals surface area contributed by atoms with Gasteiger partial charge in [-0.3, -0.25) is 4.90 Å². The molecule has 7 heteroatoms. The van der Waals surface area contributed by atoms with E-state index in [-0.39, 0.29) is 18.1 Å². The molecule has 2 fully saturated rings. The summed E-state index contributed by atoms with van der Waals surface area (Å²) >= 11 is 1.59.